The van der Waals surface area contributed by atoms with Crippen LogP contribution in [0.3, 0.4) is 0 Å². The Labute approximate surface area is 116 Å². The SMILES string of the molecule is O=C(O)C(O)=C(O)C(=O)O.O=C(O)c1ccc(O)cc1O. The van der Waals surface area contributed by atoms with Gasteiger partial charge < -0.3 is 35.7 Å². The van der Waals surface area contributed by atoms with Crippen molar-refractivity contribution in [2.45, 2.75) is 0 Å². The minimum absolute atomic E-state index is 0.160. The number of benzene rings is 1. The number of aliphatic hydroxyl groups excluding tert-OH is 2. The van der Waals surface area contributed by atoms with Crippen LogP contribution in [0.1, 0.15) is 10.4 Å². The number of carbonyl (C=O) groups is 3. The smallest absolute Gasteiger partial charge is 0.375 e. The summed E-state index contributed by atoms with van der Waals surface area (Å²) in [5, 5.41) is 58.3. The Hall–Kier alpha value is -3.43. The monoisotopic (exact) mass is 302 g/mol. The molecule has 0 bridgehead atoms. The second-order valence-corrected chi connectivity index (χ2v) is 3.31. The fraction of sp³-hybridized carbons (Fsp3) is 0. The van der Waals surface area contributed by atoms with Crippen molar-refractivity contribution in [3.8, 4) is 11.5 Å². The highest BCUT2D eigenvalue weighted by atomic mass is 16.4. The quantitative estimate of drug-likeness (QED) is 0.301. The molecule has 0 amide bonds. The first-order valence-corrected chi connectivity index (χ1v) is 4.92. The number of hydrogen-bond donors (Lipinski definition) is 7. The van der Waals surface area contributed by atoms with Gasteiger partial charge in [-0.25, -0.2) is 14.4 Å². The van der Waals surface area contributed by atoms with Gasteiger partial charge in [-0.05, 0) is 12.1 Å². The Balaban J connectivity index is 0.000000384. The lowest BCUT2D eigenvalue weighted by Crippen LogP contribution is -2.10. The van der Waals surface area contributed by atoms with Gasteiger partial charge in [0.05, 0.1) is 0 Å². The molecule has 0 heterocycles. The summed E-state index contributed by atoms with van der Waals surface area (Å²) < 4.78 is 0. The van der Waals surface area contributed by atoms with Gasteiger partial charge in [-0.1, -0.05) is 0 Å². The van der Waals surface area contributed by atoms with E-state index in [2.05, 4.69) is 0 Å². The summed E-state index contributed by atoms with van der Waals surface area (Å²) in [4.78, 5) is 29.7. The summed E-state index contributed by atoms with van der Waals surface area (Å²) in [7, 11) is 0. The van der Waals surface area contributed by atoms with Crippen molar-refractivity contribution >= 4 is 17.9 Å². The molecule has 10 nitrogen and oxygen atoms in total. The average molecular weight is 302 g/mol. The molecule has 1 aromatic rings. The number of hydrogen-bond acceptors (Lipinski definition) is 7. The molecule has 0 saturated heterocycles. The second kappa shape index (κ2) is 7.23. The summed E-state index contributed by atoms with van der Waals surface area (Å²) in [5.41, 5.74) is -0.220. The van der Waals surface area contributed by atoms with E-state index in [1.807, 2.05) is 0 Å². The van der Waals surface area contributed by atoms with E-state index in [4.69, 9.17) is 35.7 Å². The third-order valence-electron chi connectivity index (χ3n) is 1.84. The van der Waals surface area contributed by atoms with Crippen LogP contribution < -0.4 is 0 Å². The van der Waals surface area contributed by atoms with E-state index >= 15 is 0 Å². The normalized spacial score (nSPS) is 10.7. The van der Waals surface area contributed by atoms with Crippen LogP contribution in [-0.4, -0.2) is 53.7 Å². The molecule has 10 heteroatoms. The summed E-state index contributed by atoms with van der Waals surface area (Å²) in [5.74, 6) is -8.74. The lowest BCUT2D eigenvalue weighted by molar-refractivity contribution is -0.140. The topological polar surface area (TPSA) is 193 Å². The predicted octanol–water partition coefficient (Wildman–Crippen LogP) is 0.279. The molecule has 0 spiro atoms. The number of rotatable bonds is 3. The Kier molecular flexibility index (Phi) is 6.05. The van der Waals surface area contributed by atoms with Gasteiger partial charge in [-0.2, -0.15) is 0 Å². The zero-order chi connectivity index (χ0) is 16.7. The molecule has 0 aliphatic rings. The van der Waals surface area contributed by atoms with Gasteiger partial charge in [0.2, 0.25) is 0 Å². The van der Waals surface area contributed by atoms with Crippen LogP contribution in [0.4, 0.5) is 0 Å². The number of phenolic OH excluding ortho intramolecular Hbond substituents is 1. The lowest BCUT2D eigenvalue weighted by Gasteiger charge is -1.97. The zero-order valence-corrected chi connectivity index (χ0v) is 10.1. The Morgan fingerprint density at radius 3 is 1.48 bits per heavy atom. The summed E-state index contributed by atoms with van der Waals surface area (Å²) in [6.45, 7) is 0. The van der Waals surface area contributed by atoms with E-state index in [1.165, 1.54) is 6.07 Å². The zero-order valence-electron chi connectivity index (χ0n) is 10.1. The average Bonchev–Trinajstić information content (AvgIpc) is 2.36. The van der Waals surface area contributed by atoms with Gasteiger partial charge in [0, 0.05) is 6.07 Å². The molecule has 0 saturated carbocycles. The Morgan fingerprint density at radius 2 is 1.19 bits per heavy atom. The Morgan fingerprint density at radius 1 is 0.762 bits per heavy atom. The van der Waals surface area contributed by atoms with Crippen LogP contribution in [0.2, 0.25) is 0 Å². The lowest BCUT2D eigenvalue weighted by atomic mass is 10.2. The molecule has 0 radical (unpaired) electrons. The van der Waals surface area contributed by atoms with E-state index in [0.29, 0.717) is 0 Å². The Bertz CT molecular complexity index is 579. The third kappa shape index (κ3) is 5.38. The molecule has 1 rings (SSSR count). The van der Waals surface area contributed by atoms with Crippen molar-refractivity contribution in [1.82, 2.24) is 0 Å². The van der Waals surface area contributed by atoms with Crippen molar-refractivity contribution in [2.24, 2.45) is 0 Å². The second-order valence-electron chi connectivity index (χ2n) is 3.31. The molecule has 0 fully saturated rings. The molecule has 7 N–H and O–H groups in total. The van der Waals surface area contributed by atoms with Gasteiger partial charge in [0.25, 0.3) is 11.5 Å². The first-order chi connectivity index (χ1) is 9.57. The van der Waals surface area contributed by atoms with E-state index in [0.717, 1.165) is 12.1 Å². The summed E-state index contributed by atoms with van der Waals surface area (Å²) >= 11 is 0. The summed E-state index contributed by atoms with van der Waals surface area (Å²) in [6, 6.07) is 3.31. The van der Waals surface area contributed by atoms with Crippen molar-refractivity contribution in [3.63, 3.8) is 0 Å². The van der Waals surface area contributed by atoms with Crippen LogP contribution in [-0.2, 0) is 9.59 Å². The van der Waals surface area contributed by atoms with Gasteiger partial charge in [-0.3, -0.25) is 0 Å². The number of aromatic hydroxyl groups is 2. The maximum Gasteiger partial charge on any atom is 0.375 e. The van der Waals surface area contributed by atoms with Crippen molar-refractivity contribution in [3.05, 3.63) is 35.3 Å². The summed E-state index contributed by atoms with van der Waals surface area (Å²) in [6.07, 6.45) is 0. The third-order valence-corrected chi connectivity index (χ3v) is 1.84. The standard InChI is InChI=1S/C7H6O4.C4H4O6/c8-4-1-2-5(7(10)11)6(9)3-4;5-1(3(7)8)2(6)4(9)10/h1-3,8-9H,(H,10,11);5-6H,(H,7,8)(H,9,10). The number of aromatic carboxylic acids is 1. The number of aliphatic carboxylic acids is 2. The molecule has 21 heavy (non-hydrogen) atoms. The van der Waals surface area contributed by atoms with E-state index < -0.39 is 35.2 Å². The maximum atomic E-state index is 10.3. The number of carboxylic acid groups (broad SMARTS) is 3. The number of carboxylic acids is 3. The van der Waals surface area contributed by atoms with Gasteiger partial charge in [-0.15, -0.1) is 0 Å². The van der Waals surface area contributed by atoms with E-state index in [-0.39, 0.29) is 11.3 Å². The van der Waals surface area contributed by atoms with Crippen LogP contribution in [0.15, 0.2) is 29.7 Å². The maximum absolute atomic E-state index is 10.3. The molecule has 114 valence electrons. The van der Waals surface area contributed by atoms with Gasteiger partial charge in [0.1, 0.15) is 17.1 Å². The number of aliphatic hydroxyl groups is 2. The largest absolute Gasteiger partial charge is 0.508 e. The van der Waals surface area contributed by atoms with Crippen molar-refractivity contribution < 1.29 is 50.1 Å². The van der Waals surface area contributed by atoms with Crippen LogP contribution in [0.25, 0.3) is 0 Å². The minimum atomic E-state index is -1.89. The molecule has 0 aromatic heterocycles. The molecular formula is C11H10O10. The van der Waals surface area contributed by atoms with Crippen LogP contribution >= 0.6 is 0 Å². The van der Waals surface area contributed by atoms with E-state index in [9.17, 15) is 14.4 Å². The molecule has 0 unspecified atom stereocenters. The highest BCUT2D eigenvalue weighted by Crippen LogP contribution is 2.21. The first-order valence-electron chi connectivity index (χ1n) is 4.92. The predicted molar refractivity (Wildman–Crippen MR) is 64.3 cm³/mol. The fourth-order valence-electron chi connectivity index (χ4n) is 0.903. The minimum Gasteiger partial charge on any atom is -0.508 e. The fourth-order valence-corrected chi connectivity index (χ4v) is 0.903. The molecule has 0 atom stereocenters. The number of phenols is 2. The van der Waals surface area contributed by atoms with Crippen molar-refractivity contribution in [1.29, 1.82) is 0 Å². The van der Waals surface area contributed by atoms with Crippen LogP contribution in [0, 0.1) is 0 Å². The molecular weight excluding hydrogens is 292 g/mol. The van der Waals surface area contributed by atoms with Gasteiger partial charge >= 0.3 is 17.9 Å². The van der Waals surface area contributed by atoms with Gasteiger partial charge in [0.15, 0.2) is 0 Å². The molecule has 1 aromatic carbocycles. The molecule has 0 aliphatic heterocycles. The highest BCUT2D eigenvalue weighted by Gasteiger charge is 2.17. The highest BCUT2D eigenvalue weighted by molar-refractivity contribution is 5.95. The van der Waals surface area contributed by atoms with E-state index in [1.54, 1.807) is 0 Å². The first kappa shape index (κ1) is 17.6. The van der Waals surface area contributed by atoms with Crippen LogP contribution in [0.5, 0.6) is 11.5 Å². The molecule has 0 aliphatic carbocycles. The van der Waals surface area contributed by atoms with Crippen molar-refractivity contribution in [2.75, 3.05) is 0 Å².